The van der Waals surface area contributed by atoms with Crippen LogP contribution in [0.3, 0.4) is 0 Å². The van der Waals surface area contributed by atoms with Crippen molar-refractivity contribution in [1.29, 1.82) is 5.26 Å². The highest BCUT2D eigenvalue weighted by Crippen LogP contribution is 2.72. The Morgan fingerprint density at radius 2 is 2.00 bits per heavy atom. The molecular formula is C22H32ClNSi. The van der Waals surface area contributed by atoms with Crippen LogP contribution < -0.4 is 0 Å². The standard InChI is InChI=1S/C22H32ClNSi/c1-21-12-10-18-17-7-5-4-6-16(17)8-9-19(18)20(21)11-13-22(21,14-24)25(2,3)15-23/h10,19-20H,4-9,11-13,15H2,1-3H3/t19-,20+,21+,22+/m1/s1. The zero-order valence-electron chi connectivity index (χ0n) is 16.1. The summed E-state index contributed by atoms with van der Waals surface area (Å²) in [7, 11) is -1.80. The average molecular weight is 374 g/mol. The van der Waals surface area contributed by atoms with Gasteiger partial charge < -0.3 is 0 Å². The summed E-state index contributed by atoms with van der Waals surface area (Å²) in [5.41, 5.74) is 6.07. The molecule has 1 fully saturated rings. The van der Waals surface area contributed by atoms with E-state index in [4.69, 9.17) is 11.6 Å². The maximum absolute atomic E-state index is 10.4. The third-order valence-corrected chi connectivity index (χ3v) is 14.5. The molecule has 4 rings (SSSR count). The van der Waals surface area contributed by atoms with Crippen molar-refractivity contribution in [3.8, 4) is 6.07 Å². The fourth-order valence-corrected chi connectivity index (χ4v) is 11.0. The number of halogens is 1. The van der Waals surface area contributed by atoms with Gasteiger partial charge >= 0.3 is 0 Å². The molecule has 0 amide bonds. The largest absolute Gasteiger partial charge is 0.198 e. The molecular weight excluding hydrogens is 342 g/mol. The van der Waals surface area contributed by atoms with Gasteiger partial charge in [-0.1, -0.05) is 31.7 Å². The van der Waals surface area contributed by atoms with Gasteiger partial charge in [-0.2, -0.15) is 5.26 Å². The Kier molecular flexibility index (Phi) is 4.29. The number of hydrogen-bond acceptors (Lipinski definition) is 1. The molecule has 0 aromatic rings. The van der Waals surface area contributed by atoms with E-state index >= 15 is 0 Å². The van der Waals surface area contributed by atoms with E-state index in [0.29, 0.717) is 17.3 Å². The highest BCUT2D eigenvalue weighted by Gasteiger charge is 2.66. The second-order valence-corrected chi connectivity index (χ2v) is 15.6. The maximum atomic E-state index is 10.4. The van der Waals surface area contributed by atoms with E-state index in [1.807, 2.05) is 0 Å². The minimum Gasteiger partial charge on any atom is -0.198 e. The Bertz CT molecular complexity index is 685. The molecule has 4 aliphatic carbocycles. The van der Waals surface area contributed by atoms with Crippen molar-refractivity contribution < 1.29 is 0 Å². The number of nitrogens with zero attached hydrogens (tertiary/aromatic N) is 1. The molecule has 0 saturated heterocycles. The van der Waals surface area contributed by atoms with Crippen LogP contribution in [-0.4, -0.2) is 13.6 Å². The molecule has 25 heavy (non-hydrogen) atoms. The van der Waals surface area contributed by atoms with Crippen molar-refractivity contribution >= 4 is 19.7 Å². The quantitative estimate of drug-likeness (QED) is 0.387. The van der Waals surface area contributed by atoms with Gasteiger partial charge in [0.25, 0.3) is 0 Å². The molecule has 4 aliphatic rings. The van der Waals surface area contributed by atoms with Gasteiger partial charge in [-0.05, 0) is 86.2 Å². The Hall–Kier alpha value is -0.523. The van der Waals surface area contributed by atoms with Crippen LogP contribution in [0.15, 0.2) is 22.8 Å². The van der Waals surface area contributed by atoms with Crippen LogP contribution in [0, 0.1) is 28.6 Å². The summed E-state index contributed by atoms with van der Waals surface area (Å²) in [6.07, 6.45) is 14.1. The van der Waals surface area contributed by atoms with Gasteiger partial charge in [-0.25, -0.2) is 0 Å². The molecule has 0 N–H and O–H groups in total. The monoisotopic (exact) mass is 373 g/mol. The number of fused-ring (bicyclic) bond motifs is 4. The van der Waals surface area contributed by atoms with Gasteiger partial charge in [0.15, 0.2) is 0 Å². The lowest BCUT2D eigenvalue weighted by atomic mass is 9.57. The van der Waals surface area contributed by atoms with Crippen molar-refractivity contribution in [2.75, 3.05) is 5.50 Å². The number of nitriles is 1. The van der Waals surface area contributed by atoms with Gasteiger partial charge in [0, 0.05) is 5.50 Å². The maximum Gasteiger partial charge on any atom is 0.0876 e. The number of hydrogen-bond donors (Lipinski definition) is 0. The van der Waals surface area contributed by atoms with Crippen LogP contribution in [-0.2, 0) is 0 Å². The molecule has 4 atom stereocenters. The van der Waals surface area contributed by atoms with Gasteiger partial charge in [0.2, 0.25) is 0 Å². The first kappa shape index (κ1) is 17.9. The number of alkyl halides is 1. The Morgan fingerprint density at radius 3 is 2.72 bits per heavy atom. The molecule has 0 aromatic carbocycles. The van der Waals surface area contributed by atoms with Crippen LogP contribution in [0.25, 0.3) is 0 Å². The molecule has 0 radical (unpaired) electrons. The molecule has 0 aromatic heterocycles. The first-order valence-electron chi connectivity index (χ1n) is 10.3. The number of rotatable bonds is 2. The summed E-state index contributed by atoms with van der Waals surface area (Å²) < 4.78 is 0. The van der Waals surface area contributed by atoms with E-state index in [0.717, 1.165) is 12.8 Å². The van der Waals surface area contributed by atoms with E-state index in [-0.39, 0.29) is 10.5 Å². The van der Waals surface area contributed by atoms with Crippen molar-refractivity contribution in [3.63, 3.8) is 0 Å². The smallest absolute Gasteiger partial charge is 0.0876 e. The molecule has 1 nitrogen and oxygen atoms in total. The summed E-state index contributed by atoms with van der Waals surface area (Å²) in [6, 6.07) is 2.90. The fourth-order valence-electron chi connectivity index (χ4n) is 7.14. The highest BCUT2D eigenvalue weighted by molar-refractivity contribution is 6.86. The van der Waals surface area contributed by atoms with Crippen molar-refractivity contribution in [2.24, 2.45) is 17.3 Å². The lowest BCUT2D eigenvalue weighted by Gasteiger charge is -2.54. The summed E-state index contributed by atoms with van der Waals surface area (Å²) in [5, 5.41) is 10.2. The molecule has 1 saturated carbocycles. The van der Waals surface area contributed by atoms with Crippen LogP contribution in [0.4, 0.5) is 0 Å². The number of allylic oxidation sites excluding steroid dienone is 4. The second-order valence-electron chi connectivity index (χ2n) is 9.90. The van der Waals surface area contributed by atoms with Gasteiger partial charge in [-0.15, -0.1) is 11.6 Å². The summed E-state index contributed by atoms with van der Waals surface area (Å²) in [6.45, 7) is 7.17. The molecule has 0 aliphatic heterocycles. The molecule has 0 spiro atoms. The Labute approximate surface area is 159 Å². The predicted octanol–water partition coefficient (Wildman–Crippen LogP) is 6.76. The third kappa shape index (κ3) is 2.24. The molecule has 0 bridgehead atoms. The first-order valence-corrected chi connectivity index (χ1v) is 14.0. The normalized spacial score (nSPS) is 40.7. The molecule has 0 unspecified atom stereocenters. The lowest BCUT2D eigenvalue weighted by Crippen LogP contribution is -2.53. The van der Waals surface area contributed by atoms with Crippen LogP contribution >= 0.6 is 11.6 Å². The van der Waals surface area contributed by atoms with Crippen LogP contribution in [0.1, 0.15) is 64.7 Å². The second kappa shape index (κ2) is 6.00. The van der Waals surface area contributed by atoms with Crippen molar-refractivity contribution in [2.45, 2.75) is 82.8 Å². The van der Waals surface area contributed by atoms with E-state index in [1.165, 1.54) is 44.9 Å². The van der Waals surface area contributed by atoms with Gasteiger partial charge in [-0.3, -0.25) is 0 Å². The van der Waals surface area contributed by atoms with Crippen molar-refractivity contribution in [3.05, 3.63) is 22.8 Å². The zero-order valence-corrected chi connectivity index (χ0v) is 17.9. The lowest BCUT2D eigenvalue weighted by molar-refractivity contribution is 0.130. The third-order valence-electron chi connectivity index (χ3n) is 8.62. The highest BCUT2D eigenvalue weighted by atomic mass is 35.5. The van der Waals surface area contributed by atoms with Crippen molar-refractivity contribution in [1.82, 2.24) is 0 Å². The summed E-state index contributed by atoms with van der Waals surface area (Å²) in [4.78, 5) is 0. The van der Waals surface area contributed by atoms with Gasteiger partial charge in [0.05, 0.1) is 19.2 Å². The topological polar surface area (TPSA) is 23.8 Å². The molecule has 3 heteroatoms. The summed E-state index contributed by atoms with van der Waals surface area (Å²) >= 11 is 6.45. The molecule has 136 valence electrons. The minimum atomic E-state index is -1.80. The van der Waals surface area contributed by atoms with E-state index in [2.05, 4.69) is 32.2 Å². The van der Waals surface area contributed by atoms with Crippen LogP contribution in [0.5, 0.6) is 0 Å². The first-order chi connectivity index (χ1) is 11.9. The fraction of sp³-hybridized carbons (Fsp3) is 0.773. The average Bonchev–Trinajstić information content (AvgIpc) is 2.95. The summed E-state index contributed by atoms with van der Waals surface area (Å²) in [5.74, 6) is 1.41. The SMILES string of the molecule is C[C@]12CC=C3C4=C(CCCC4)CC[C@H]3[C@@H]1CC[C@@]2(C#N)[Si](C)(C)CCl. The molecule has 0 heterocycles. The zero-order chi connectivity index (χ0) is 17.9. The van der Waals surface area contributed by atoms with E-state index < -0.39 is 8.07 Å². The van der Waals surface area contributed by atoms with Crippen LogP contribution in [0.2, 0.25) is 18.1 Å². The van der Waals surface area contributed by atoms with E-state index in [1.54, 1.807) is 16.7 Å². The van der Waals surface area contributed by atoms with E-state index in [9.17, 15) is 5.26 Å². The minimum absolute atomic E-state index is 0.132. The predicted molar refractivity (Wildman–Crippen MR) is 108 cm³/mol. The van der Waals surface area contributed by atoms with Gasteiger partial charge in [0.1, 0.15) is 0 Å². The Morgan fingerprint density at radius 1 is 1.24 bits per heavy atom. The Balaban J connectivity index is 1.77.